The van der Waals surface area contributed by atoms with E-state index in [9.17, 15) is 0 Å². The quantitative estimate of drug-likeness (QED) is 0.744. The molecule has 16 heavy (non-hydrogen) atoms. The van der Waals surface area contributed by atoms with E-state index in [-0.39, 0.29) is 0 Å². The van der Waals surface area contributed by atoms with Gasteiger partial charge in [0.1, 0.15) is 5.82 Å². The largest absolute Gasteiger partial charge is 0.334 e. The van der Waals surface area contributed by atoms with Crippen molar-refractivity contribution in [3.05, 3.63) is 17.7 Å². The first kappa shape index (κ1) is 10.7. The lowest BCUT2D eigenvalue weighted by Crippen LogP contribution is -2.13. The molecule has 1 atom stereocenters. The lowest BCUT2D eigenvalue weighted by atomic mass is 10.00. The zero-order valence-corrected chi connectivity index (χ0v) is 10.8. The summed E-state index contributed by atoms with van der Waals surface area (Å²) in [5.74, 6) is 5.40. The van der Waals surface area contributed by atoms with E-state index in [4.69, 9.17) is 4.98 Å². The molecule has 1 unspecified atom stereocenters. The third kappa shape index (κ3) is 1.90. The van der Waals surface area contributed by atoms with Gasteiger partial charge in [-0.1, -0.05) is 6.92 Å². The standard InChI is InChI=1S/C13H20N2S/c1-10-3-2-6-15-9-12(14-13(10)15)11-4-7-16-8-5-11/h9-11H,2-8H2,1H3. The Morgan fingerprint density at radius 2 is 2.12 bits per heavy atom. The second kappa shape index (κ2) is 4.44. The first-order valence-electron chi connectivity index (χ1n) is 6.49. The Balaban J connectivity index is 1.85. The fourth-order valence-electron chi connectivity index (χ4n) is 2.91. The number of fused-ring (bicyclic) bond motifs is 1. The van der Waals surface area contributed by atoms with Gasteiger partial charge < -0.3 is 4.57 Å². The number of hydrogen-bond acceptors (Lipinski definition) is 2. The maximum absolute atomic E-state index is 4.91. The molecule has 3 heterocycles. The number of aromatic nitrogens is 2. The Hall–Kier alpha value is -0.440. The first-order chi connectivity index (χ1) is 7.84. The Bertz CT molecular complexity index is 366. The van der Waals surface area contributed by atoms with Gasteiger partial charge in [0.05, 0.1) is 5.69 Å². The molecule has 1 saturated heterocycles. The minimum Gasteiger partial charge on any atom is -0.334 e. The number of nitrogens with zero attached hydrogens (tertiary/aromatic N) is 2. The van der Waals surface area contributed by atoms with Gasteiger partial charge in [-0.05, 0) is 37.2 Å². The third-order valence-corrected chi connectivity index (χ3v) is 4.99. The molecule has 2 aliphatic rings. The molecular formula is C13H20N2S. The van der Waals surface area contributed by atoms with E-state index in [0.29, 0.717) is 5.92 Å². The van der Waals surface area contributed by atoms with E-state index in [0.717, 1.165) is 5.92 Å². The first-order valence-corrected chi connectivity index (χ1v) is 7.65. The lowest BCUT2D eigenvalue weighted by molar-refractivity contribution is 0.463. The molecule has 1 aromatic rings. The molecule has 0 aliphatic carbocycles. The van der Waals surface area contributed by atoms with Gasteiger partial charge in [-0.2, -0.15) is 11.8 Å². The van der Waals surface area contributed by atoms with Crippen molar-refractivity contribution in [3.63, 3.8) is 0 Å². The van der Waals surface area contributed by atoms with Crippen molar-refractivity contribution in [2.45, 2.75) is 51.0 Å². The van der Waals surface area contributed by atoms with Gasteiger partial charge in [0.15, 0.2) is 0 Å². The van der Waals surface area contributed by atoms with E-state index >= 15 is 0 Å². The number of rotatable bonds is 1. The fraction of sp³-hybridized carbons (Fsp3) is 0.769. The van der Waals surface area contributed by atoms with E-state index in [1.807, 2.05) is 0 Å². The van der Waals surface area contributed by atoms with E-state index in [2.05, 4.69) is 29.4 Å². The summed E-state index contributed by atoms with van der Waals surface area (Å²) in [5.41, 5.74) is 1.38. The van der Waals surface area contributed by atoms with Crippen LogP contribution in [-0.4, -0.2) is 21.1 Å². The summed E-state index contributed by atoms with van der Waals surface area (Å²) in [4.78, 5) is 4.91. The summed E-state index contributed by atoms with van der Waals surface area (Å²) in [6.45, 7) is 3.51. The SMILES string of the molecule is CC1CCCn2cc(C3CCSCC3)nc21. The Kier molecular flexibility index (Phi) is 2.97. The van der Waals surface area contributed by atoms with Crippen LogP contribution in [0.15, 0.2) is 6.20 Å². The van der Waals surface area contributed by atoms with Gasteiger partial charge in [-0.3, -0.25) is 0 Å². The summed E-state index contributed by atoms with van der Waals surface area (Å²) in [6, 6.07) is 0. The van der Waals surface area contributed by atoms with Gasteiger partial charge in [0.25, 0.3) is 0 Å². The number of aryl methyl sites for hydroxylation is 1. The molecule has 3 heteroatoms. The molecule has 0 N–H and O–H groups in total. The van der Waals surface area contributed by atoms with Crippen molar-refractivity contribution >= 4 is 11.8 Å². The maximum Gasteiger partial charge on any atom is 0.111 e. The minimum absolute atomic E-state index is 0.667. The minimum atomic E-state index is 0.667. The molecule has 0 amide bonds. The zero-order valence-electron chi connectivity index (χ0n) is 9.98. The van der Waals surface area contributed by atoms with Crippen LogP contribution >= 0.6 is 11.8 Å². The van der Waals surface area contributed by atoms with Crippen LogP contribution in [0, 0.1) is 0 Å². The molecule has 0 aromatic carbocycles. The fourth-order valence-corrected chi connectivity index (χ4v) is 4.02. The van der Waals surface area contributed by atoms with Crippen LogP contribution in [0.5, 0.6) is 0 Å². The summed E-state index contributed by atoms with van der Waals surface area (Å²) in [5, 5.41) is 0. The number of hydrogen-bond donors (Lipinski definition) is 0. The molecule has 1 aromatic heterocycles. The highest BCUT2D eigenvalue weighted by atomic mass is 32.2. The number of imidazole rings is 1. The molecular weight excluding hydrogens is 216 g/mol. The second-order valence-electron chi connectivity index (χ2n) is 5.15. The Labute approximate surface area is 102 Å². The highest BCUT2D eigenvalue weighted by Crippen LogP contribution is 2.33. The summed E-state index contributed by atoms with van der Waals surface area (Å²) < 4.78 is 2.41. The van der Waals surface area contributed by atoms with Crippen LogP contribution in [0.4, 0.5) is 0 Å². The molecule has 0 spiro atoms. The van der Waals surface area contributed by atoms with Crippen molar-refractivity contribution in [1.82, 2.24) is 9.55 Å². The van der Waals surface area contributed by atoms with Crippen LogP contribution in [0.3, 0.4) is 0 Å². The van der Waals surface area contributed by atoms with E-state index in [1.54, 1.807) is 0 Å². The Morgan fingerprint density at radius 1 is 1.31 bits per heavy atom. The molecule has 2 aliphatic heterocycles. The zero-order chi connectivity index (χ0) is 11.0. The summed E-state index contributed by atoms with van der Waals surface area (Å²) in [6.07, 6.45) is 7.64. The van der Waals surface area contributed by atoms with Crippen molar-refractivity contribution in [2.24, 2.45) is 0 Å². The van der Waals surface area contributed by atoms with Gasteiger partial charge >= 0.3 is 0 Å². The highest BCUT2D eigenvalue weighted by Gasteiger charge is 2.23. The van der Waals surface area contributed by atoms with Crippen LogP contribution in [0.25, 0.3) is 0 Å². The molecule has 88 valence electrons. The van der Waals surface area contributed by atoms with Crippen LogP contribution in [-0.2, 0) is 6.54 Å². The van der Waals surface area contributed by atoms with Crippen LogP contribution < -0.4 is 0 Å². The summed E-state index contributed by atoms with van der Waals surface area (Å²) >= 11 is 2.09. The average molecular weight is 236 g/mol. The van der Waals surface area contributed by atoms with Crippen molar-refractivity contribution < 1.29 is 0 Å². The van der Waals surface area contributed by atoms with Gasteiger partial charge in [-0.25, -0.2) is 4.98 Å². The molecule has 0 bridgehead atoms. The van der Waals surface area contributed by atoms with E-state index < -0.39 is 0 Å². The topological polar surface area (TPSA) is 17.8 Å². The maximum atomic E-state index is 4.91. The molecule has 3 rings (SSSR count). The van der Waals surface area contributed by atoms with Crippen LogP contribution in [0.2, 0.25) is 0 Å². The van der Waals surface area contributed by atoms with Crippen molar-refractivity contribution in [2.75, 3.05) is 11.5 Å². The second-order valence-corrected chi connectivity index (χ2v) is 6.37. The van der Waals surface area contributed by atoms with Crippen molar-refractivity contribution in [3.8, 4) is 0 Å². The molecule has 1 fully saturated rings. The molecule has 0 saturated carbocycles. The van der Waals surface area contributed by atoms with Gasteiger partial charge in [0, 0.05) is 24.6 Å². The summed E-state index contributed by atoms with van der Waals surface area (Å²) in [7, 11) is 0. The normalized spacial score (nSPS) is 26.7. The van der Waals surface area contributed by atoms with Gasteiger partial charge in [0.2, 0.25) is 0 Å². The van der Waals surface area contributed by atoms with Crippen molar-refractivity contribution in [1.29, 1.82) is 0 Å². The monoisotopic (exact) mass is 236 g/mol. The predicted octanol–water partition coefficient (Wildman–Crippen LogP) is 3.39. The average Bonchev–Trinajstić information content (AvgIpc) is 2.76. The van der Waals surface area contributed by atoms with Crippen LogP contribution in [0.1, 0.15) is 56.0 Å². The Morgan fingerprint density at radius 3 is 2.88 bits per heavy atom. The highest BCUT2D eigenvalue weighted by molar-refractivity contribution is 7.99. The predicted molar refractivity (Wildman–Crippen MR) is 69.2 cm³/mol. The lowest BCUT2D eigenvalue weighted by Gasteiger charge is -2.19. The number of thioether (sulfide) groups is 1. The molecule has 0 radical (unpaired) electrons. The van der Waals surface area contributed by atoms with E-state index in [1.165, 1.54) is 55.3 Å². The van der Waals surface area contributed by atoms with Gasteiger partial charge in [-0.15, -0.1) is 0 Å². The smallest absolute Gasteiger partial charge is 0.111 e. The third-order valence-electron chi connectivity index (χ3n) is 3.94. The molecule has 2 nitrogen and oxygen atoms in total.